The van der Waals surface area contributed by atoms with E-state index in [0.29, 0.717) is 68.9 Å². The molecule has 11 heteroatoms. The molecule has 0 unspecified atom stereocenters. The highest BCUT2D eigenvalue weighted by Gasteiger charge is 2.43. The minimum Gasteiger partial charge on any atom is -0.488 e. The van der Waals surface area contributed by atoms with Gasteiger partial charge in [0.05, 0.1) is 24.7 Å². The zero-order valence-corrected chi connectivity index (χ0v) is 24.8. The third-order valence-electron chi connectivity index (χ3n) is 9.16. The molecular formula is C31H38N5O5S+. The molecule has 4 heterocycles. The van der Waals surface area contributed by atoms with Crippen molar-refractivity contribution in [1.29, 1.82) is 0 Å². The van der Waals surface area contributed by atoms with Gasteiger partial charge in [-0.2, -0.15) is 4.58 Å². The fourth-order valence-corrected chi connectivity index (χ4v) is 7.57. The fourth-order valence-electron chi connectivity index (χ4n) is 6.99. The molecule has 2 aromatic rings. The van der Waals surface area contributed by atoms with E-state index in [1.165, 1.54) is 11.3 Å². The summed E-state index contributed by atoms with van der Waals surface area (Å²) in [5.41, 5.74) is 3.65. The zero-order valence-electron chi connectivity index (χ0n) is 24.0. The number of carbonyl (C=O) groups is 4. The number of nitrogens with zero attached hydrogens (tertiary/aromatic N) is 4. The maximum absolute atomic E-state index is 14.3. The van der Waals surface area contributed by atoms with Gasteiger partial charge in [0.25, 0.3) is 5.91 Å². The van der Waals surface area contributed by atoms with E-state index in [0.717, 1.165) is 30.4 Å². The van der Waals surface area contributed by atoms with E-state index in [4.69, 9.17) is 4.74 Å². The average molecular weight is 593 g/mol. The van der Waals surface area contributed by atoms with E-state index in [2.05, 4.69) is 16.4 Å². The summed E-state index contributed by atoms with van der Waals surface area (Å²) in [6.45, 7) is 2.20. The van der Waals surface area contributed by atoms with E-state index >= 15 is 0 Å². The summed E-state index contributed by atoms with van der Waals surface area (Å²) in [5.74, 6) is -0.142. The minimum absolute atomic E-state index is 0.0288. The molecule has 3 fully saturated rings. The van der Waals surface area contributed by atoms with Crippen molar-refractivity contribution in [2.24, 2.45) is 11.8 Å². The number of fused-ring (bicyclic) bond motifs is 1. The number of thiazole rings is 1. The molecule has 42 heavy (non-hydrogen) atoms. The third kappa shape index (κ3) is 5.58. The molecule has 6 rings (SSSR count). The van der Waals surface area contributed by atoms with Gasteiger partial charge >= 0.3 is 5.91 Å². The van der Waals surface area contributed by atoms with Crippen molar-refractivity contribution in [3.8, 4) is 5.75 Å². The van der Waals surface area contributed by atoms with Crippen LogP contribution in [-0.2, 0) is 20.8 Å². The summed E-state index contributed by atoms with van der Waals surface area (Å²) in [4.78, 5) is 61.0. The molecule has 0 spiro atoms. The van der Waals surface area contributed by atoms with E-state index < -0.39 is 6.04 Å². The first kappa shape index (κ1) is 28.5. The van der Waals surface area contributed by atoms with Gasteiger partial charge in [-0.05, 0) is 30.9 Å². The smallest absolute Gasteiger partial charge is 0.386 e. The molecule has 1 aromatic heterocycles. The molecule has 0 radical (unpaired) electrons. The first-order valence-corrected chi connectivity index (χ1v) is 15.9. The Morgan fingerprint density at radius 3 is 2.67 bits per heavy atom. The van der Waals surface area contributed by atoms with Gasteiger partial charge in [-0.1, -0.05) is 25.0 Å². The zero-order chi connectivity index (χ0) is 29.2. The van der Waals surface area contributed by atoms with Gasteiger partial charge in [0.1, 0.15) is 22.8 Å². The Morgan fingerprint density at radius 1 is 1.10 bits per heavy atom. The maximum Gasteiger partial charge on any atom is 0.386 e. The first-order chi connectivity index (χ1) is 20.4. The Kier molecular flexibility index (Phi) is 8.37. The van der Waals surface area contributed by atoms with Gasteiger partial charge in [0.15, 0.2) is 12.8 Å². The van der Waals surface area contributed by atoms with Crippen molar-refractivity contribution in [3.63, 3.8) is 0 Å². The van der Waals surface area contributed by atoms with Gasteiger partial charge in [-0.25, -0.2) is 4.79 Å². The Balaban J connectivity index is 1.30. The third-order valence-corrected chi connectivity index (χ3v) is 9.92. The van der Waals surface area contributed by atoms with Gasteiger partial charge < -0.3 is 19.9 Å². The molecule has 10 nitrogen and oxygen atoms in total. The number of hydrogen-bond acceptors (Lipinski definition) is 7. The quantitative estimate of drug-likeness (QED) is 0.517. The number of nitrogens with one attached hydrogen (secondary N) is 1. The second-order valence-corrected chi connectivity index (χ2v) is 12.5. The van der Waals surface area contributed by atoms with Crippen LogP contribution in [0.5, 0.6) is 5.75 Å². The molecule has 3 aliphatic heterocycles. The van der Waals surface area contributed by atoms with E-state index in [1.54, 1.807) is 28.2 Å². The van der Waals surface area contributed by atoms with Crippen LogP contribution in [0.15, 0.2) is 29.9 Å². The molecule has 222 valence electrons. The molecule has 1 aliphatic carbocycles. The largest absolute Gasteiger partial charge is 0.488 e. The summed E-state index contributed by atoms with van der Waals surface area (Å²) < 4.78 is 8.36. The van der Waals surface area contributed by atoms with Gasteiger partial charge in [-0.15, -0.1) is 11.3 Å². The van der Waals surface area contributed by atoms with Crippen LogP contribution in [-0.4, -0.2) is 88.5 Å². The van der Waals surface area contributed by atoms with Gasteiger partial charge in [0.2, 0.25) is 11.8 Å². The normalized spacial score (nSPS) is 26.8. The van der Waals surface area contributed by atoms with Crippen molar-refractivity contribution in [3.05, 3.63) is 45.9 Å². The Hall–Kier alpha value is -3.60. The predicted molar refractivity (Wildman–Crippen MR) is 157 cm³/mol. The van der Waals surface area contributed by atoms with Crippen molar-refractivity contribution in [2.45, 2.75) is 63.5 Å². The monoisotopic (exact) mass is 592 g/mol. The van der Waals surface area contributed by atoms with Crippen LogP contribution in [0.4, 0.5) is 0 Å². The van der Waals surface area contributed by atoms with Crippen LogP contribution in [0.3, 0.4) is 0 Å². The highest BCUT2D eigenvalue weighted by Crippen LogP contribution is 2.40. The number of likely N-dealkylation sites (tertiary alicyclic amines) is 1. The number of hydrogen-bond donors (Lipinski definition) is 1. The molecule has 1 saturated carbocycles. The topological polar surface area (TPSA) is 112 Å². The van der Waals surface area contributed by atoms with Gasteiger partial charge in [0, 0.05) is 50.4 Å². The molecule has 0 bridgehead atoms. The Labute approximate surface area is 249 Å². The fraction of sp³-hybridized carbons (Fsp3) is 0.548. The molecule has 4 amide bonds. The highest BCUT2D eigenvalue weighted by molar-refractivity contribution is 7.11. The van der Waals surface area contributed by atoms with E-state index in [9.17, 15) is 19.2 Å². The van der Waals surface area contributed by atoms with Crippen LogP contribution < -0.4 is 10.1 Å². The Morgan fingerprint density at radius 2 is 1.93 bits per heavy atom. The highest BCUT2D eigenvalue weighted by atomic mass is 32.1. The summed E-state index contributed by atoms with van der Waals surface area (Å²) >= 11 is 1.33. The lowest BCUT2D eigenvalue weighted by molar-refractivity contribution is -0.430. The number of ether oxygens (including phenoxy) is 1. The van der Waals surface area contributed by atoms with Crippen LogP contribution in [0.2, 0.25) is 0 Å². The SMILES string of the molecule is CNC(=O)[C@H]1CCCC[C@H]1C(=O)N1CCc2cccc(O[C@H]3CCN(C(=O)c4cncs4)C3)c2[C@H]1C=[N+]1CCCC1=O. The molecule has 4 atom stereocenters. The molecule has 4 aliphatic rings. The first-order valence-electron chi connectivity index (χ1n) is 15.1. The van der Waals surface area contributed by atoms with Crippen molar-refractivity contribution in [1.82, 2.24) is 20.1 Å². The second kappa shape index (κ2) is 12.3. The molecule has 2 saturated heterocycles. The molecular weight excluding hydrogens is 554 g/mol. The summed E-state index contributed by atoms with van der Waals surface area (Å²) in [5, 5.41) is 2.76. The van der Waals surface area contributed by atoms with Crippen molar-refractivity contribution < 1.29 is 28.5 Å². The Bertz CT molecular complexity index is 1390. The van der Waals surface area contributed by atoms with Crippen molar-refractivity contribution in [2.75, 3.05) is 33.2 Å². The second-order valence-electron chi connectivity index (χ2n) is 11.7. The number of aromatic nitrogens is 1. The predicted octanol–water partition coefficient (Wildman–Crippen LogP) is 2.82. The summed E-state index contributed by atoms with van der Waals surface area (Å²) in [6.07, 6.45) is 9.19. The van der Waals surface area contributed by atoms with Crippen molar-refractivity contribution >= 4 is 41.2 Å². The van der Waals surface area contributed by atoms with Crippen LogP contribution >= 0.6 is 11.3 Å². The molecule has 1 N–H and O–H groups in total. The lowest BCUT2D eigenvalue weighted by Gasteiger charge is -2.39. The number of amides is 4. The number of carbonyl (C=O) groups excluding carboxylic acids is 4. The number of benzene rings is 1. The number of rotatable bonds is 6. The van der Waals surface area contributed by atoms with E-state index in [-0.39, 0.29) is 41.6 Å². The van der Waals surface area contributed by atoms with Crippen LogP contribution in [0.25, 0.3) is 0 Å². The van der Waals surface area contributed by atoms with Gasteiger partial charge in [-0.3, -0.25) is 19.4 Å². The van der Waals surface area contributed by atoms with E-state index in [1.807, 2.05) is 23.2 Å². The standard InChI is InChI=1S/C31H37N5O5S/c1-32-29(38)22-7-2-3-8-23(22)30(39)36-15-11-20-6-4-9-25(28(20)24(36)18-34-13-5-10-27(34)37)41-21-12-14-35(17-21)31(40)26-16-33-19-42-26/h4,6,9,16,18-19,21-24H,2-3,5,7-8,10-15,17H2,1H3/p+1/t21-,22-,23+,24+/m0/s1. The summed E-state index contributed by atoms with van der Waals surface area (Å²) in [6, 6.07) is 5.49. The maximum atomic E-state index is 14.3. The minimum atomic E-state index is -0.483. The van der Waals surface area contributed by atoms with Crippen LogP contribution in [0.1, 0.15) is 71.8 Å². The molecule has 1 aromatic carbocycles. The van der Waals surface area contributed by atoms with Crippen LogP contribution in [0, 0.1) is 11.8 Å². The lowest BCUT2D eigenvalue weighted by Crippen LogP contribution is -2.49. The average Bonchev–Trinajstić information content (AvgIpc) is 3.80. The summed E-state index contributed by atoms with van der Waals surface area (Å²) in [7, 11) is 1.63. The lowest BCUT2D eigenvalue weighted by atomic mass is 9.77.